The number of benzene rings is 1. The summed E-state index contributed by atoms with van der Waals surface area (Å²) in [7, 11) is 0. The number of aromatic amines is 1. The van der Waals surface area contributed by atoms with Crippen LogP contribution in [0.4, 0.5) is 14.6 Å². The number of carbonyl (C=O) groups excluding carboxylic acids is 1. The Kier molecular flexibility index (Phi) is 3.88. The van der Waals surface area contributed by atoms with Crippen molar-refractivity contribution in [2.75, 3.05) is 5.32 Å². The van der Waals surface area contributed by atoms with Gasteiger partial charge in [0.25, 0.3) is 0 Å². The molecule has 1 amide bonds. The molecule has 0 aliphatic heterocycles. The van der Waals surface area contributed by atoms with Gasteiger partial charge in [-0.2, -0.15) is 10.2 Å². The summed E-state index contributed by atoms with van der Waals surface area (Å²) in [6.45, 7) is 1.67. The average Bonchev–Trinajstić information content (AvgIpc) is 3.18. The third-order valence-corrected chi connectivity index (χ3v) is 3.36. The van der Waals surface area contributed by atoms with Gasteiger partial charge in [-0.1, -0.05) is 6.07 Å². The molecule has 0 bridgehead atoms. The van der Waals surface area contributed by atoms with Crippen molar-refractivity contribution in [1.29, 1.82) is 0 Å². The van der Waals surface area contributed by atoms with Crippen molar-refractivity contribution in [3.05, 3.63) is 54.4 Å². The highest BCUT2D eigenvalue weighted by Crippen LogP contribution is 2.26. The molecule has 118 valence electrons. The quantitative estimate of drug-likeness (QED) is 0.777. The molecule has 0 aliphatic rings. The van der Waals surface area contributed by atoms with E-state index in [1.807, 2.05) is 0 Å². The van der Waals surface area contributed by atoms with Crippen LogP contribution in [-0.2, 0) is 4.79 Å². The Labute approximate surface area is 130 Å². The Morgan fingerprint density at radius 3 is 2.70 bits per heavy atom. The van der Waals surface area contributed by atoms with Crippen LogP contribution in [-0.4, -0.2) is 25.9 Å². The van der Waals surface area contributed by atoms with Gasteiger partial charge in [0.1, 0.15) is 17.7 Å². The highest BCUT2D eigenvalue weighted by Gasteiger charge is 2.18. The largest absolute Gasteiger partial charge is 0.307 e. The molecule has 8 heteroatoms. The molecule has 1 aromatic carbocycles. The maximum atomic E-state index is 13.7. The molecule has 2 aromatic heterocycles. The molecule has 0 aliphatic carbocycles. The van der Waals surface area contributed by atoms with Crippen molar-refractivity contribution in [2.24, 2.45) is 0 Å². The molecular weight excluding hydrogens is 304 g/mol. The Morgan fingerprint density at radius 2 is 2.04 bits per heavy atom. The first kappa shape index (κ1) is 14.9. The van der Waals surface area contributed by atoms with Gasteiger partial charge in [-0.15, -0.1) is 0 Å². The van der Waals surface area contributed by atoms with E-state index in [1.54, 1.807) is 25.4 Å². The number of nitrogens with one attached hydrogen (secondary N) is 2. The SMILES string of the molecule is C[C@@H](C(=O)Nc1cc(-c2c(F)cccc2F)[nH]n1)n1cccn1. The van der Waals surface area contributed by atoms with Gasteiger partial charge in [-0.3, -0.25) is 14.6 Å². The first-order chi connectivity index (χ1) is 11.1. The van der Waals surface area contributed by atoms with Crippen LogP contribution in [0.25, 0.3) is 11.3 Å². The van der Waals surface area contributed by atoms with E-state index in [0.29, 0.717) is 0 Å². The molecule has 0 saturated carbocycles. The summed E-state index contributed by atoms with van der Waals surface area (Å²) in [6.07, 6.45) is 3.23. The zero-order valence-electron chi connectivity index (χ0n) is 12.1. The zero-order chi connectivity index (χ0) is 16.4. The van der Waals surface area contributed by atoms with Crippen molar-refractivity contribution in [2.45, 2.75) is 13.0 Å². The van der Waals surface area contributed by atoms with Crippen LogP contribution in [0.2, 0.25) is 0 Å². The molecule has 3 rings (SSSR count). The number of amides is 1. The normalized spacial score (nSPS) is 12.1. The Morgan fingerprint density at radius 1 is 1.30 bits per heavy atom. The van der Waals surface area contributed by atoms with E-state index >= 15 is 0 Å². The lowest BCUT2D eigenvalue weighted by atomic mass is 10.1. The standard InChI is InChI=1S/C15H13F2N5O/c1-9(22-7-3-6-18-22)15(23)19-13-8-12(20-21-13)14-10(16)4-2-5-11(14)17/h2-9H,1H3,(H2,19,20,21,23)/t9-/m0/s1. The molecule has 3 aromatic rings. The van der Waals surface area contributed by atoms with Crippen molar-refractivity contribution in [3.63, 3.8) is 0 Å². The van der Waals surface area contributed by atoms with E-state index in [-0.39, 0.29) is 23.0 Å². The zero-order valence-corrected chi connectivity index (χ0v) is 12.1. The van der Waals surface area contributed by atoms with E-state index in [4.69, 9.17) is 0 Å². The molecule has 1 atom stereocenters. The lowest BCUT2D eigenvalue weighted by Gasteiger charge is -2.10. The van der Waals surface area contributed by atoms with Crippen LogP contribution < -0.4 is 5.32 Å². The highest BCUT2D eigenvalue weighted by molar-refractivity contribution is 5.93. The van der Waals surface area contributed by atoms with Crippen LogP contribution in [0, 0.1) is 11.6 Å². The fourth-order valence-corrected chi connectivity index (χ4v) is 2.13. The molecule has 0 radical (unpaired) electrons. The van der Waals surface area contributed by atoms with Gasteiger partial charge in [0.05, 0.1) is 11.3 Å². The predicted molar refractivity (Wildman–Crippen MR) is 79.5 cm³/mol. The van der Waals surface area contributed by atoms with E-state index in [2.05, 4.69) is 20.6 Å². The van der Waals surface area contributed by atoms with Crippen LogP contribution >= 0.6 is 0 Å². The van der Waals surface area contributed by atoms with Gasteiger partial charge in [-0.05, 0) is 25.1 Å². The highest BCUT2D eigenvalue weighted by atomic mass is 19.1. The maximum absolute atomic E-state index is 13.7. The molecule has 0 saturated heterocycles. The van der Waals surface area contributed by atoms with Crippen LogP contribution in [0.15, 0.2) is 42.7 Å². The number of anilines is 1. The molecule has 2 heterocycles. The van der Waals surface area contributed by atoms with Crippen LogP contribution in [0.5, 0.6) is 0 Å². The van der Waals surface area contributed by atoms with Gasteiger partial charge in [-0.25, -0.2) is 8.78 Å². The summed E-state index contributed by atoms with van der Waals surface area (Å²) >= 11 is 0. The summed E-state index contributed by atoms with van der Waals surface area (Å²) in [5.74, 6) is -1.60. The number of carbonyl (C=O) groups is 1. The van der Waals surface area contributed by atoms with Gasteiger partial charge in [0.2, 0.25) is 5.91 Å². The molecule has 0 unspecified atom stereocenters. The van der Waals surface area contributed by atoms with Crippen molar-refractivity contribution in [3.8, 4) is 11.3 Å². The maximum Gasteiger partial charge on any atom is 0.250 e. The minimum Gasteiger partial charge on any atom is -0.307 e. The van der Waals surface area contributed by atoms with Crippen molar-refractivity contribution < 1.29 is 13.6 Å². The number of hydrogen-bond donors (Lipinski definition) is 2. The second-order valence-corrected chi connectivity index (χ2v) is 4.91. The summed E-state index contributed by atoms with van der Waals surface area (Å²) in [5, 5.41) is 12.9. The average molecular weight is 317 g/mol. The fourth-order valence-electron chi connectivity index (χ4n) is 2.13. The minimum atomic E-state index is -0.712. The number of halogens is 2. The summed E-state index contributed by atoms with van der Waals surface area (Å²) in [4.78, 5) is 12.1. The van der Waals surface area contributed by atoms with E-state index < -0.39 is 17.7 Å². The summed E-state index contributed by atoms with van der Waals surface area (Å²) in [6, 6.07) is 6.11. The van der Waals surface area contributed by atoms with E-state index in [1.165, 1.54) is 16.8 Å². The van der Waals surface area contributed by atoms with Gasteiger partial charge in [0.15, 0.2) is 5.82 Å². The second-order valence-electron chi connectivity index (χ2n) is 4.91. The minimum absolute atomic E-state index is 0.141. The van der Waals surface area contributed by atoms with Gasteiger partial charge >= 0.3 is 0 Å². The number of nitrogens with zero attached hydrogens (tertiary/aromatic N) is 3. The van der Waals surface area contributed by atoms with Crippen molar-refractivity contribution in [1.82, 2.24) is 20.0 Å². The molecular formula is C15H13F2N5O. The summed E-state index contributed by atoms with van der Waals surface area (Å²) in [5.41, 5.74) is -0.0803. The first-order valence-corrected chi connectivity index (χ1v) is 6.86. The first-order valence-electron chi connectivity index (χ1n) is 6.86. The third kappa shape index (κ3) is 2.96. The van der Waals surface area contributed by atoms with E-state index in [0.717, 1.165) is 12.1 Å². The number of rotatable bonds is 4. The van der Waals surface area contributed by atoms with E-state index in [9.17, 15) is 13.6 Å². The number of aromatic nitrogens is 4. The van der Waals surface area contributed by atoms with Crippen molar-refractivity contribution >= 4 is 11.7 Å². The molecule has 0 spiro atoms. The number of hydrogen-bond acceptors (Lipinski definition) is 3. The monoisotopic (exact) mass is 317 g/mol. The fraction of sp³-hybridized carbons (Fsp3) is 0.133. The predicted octanol–water partition coefficient (Wildman–Crippen LogP) is 2.75. The molecule has 2 N–H and O–H groups in total. The molecule has 0 fully saturated rings. The summed E-state index contributed by atoms with van der Waals surface area (Å²) < 4.78 is 29.0. The smallest absolute Gasteiger partial charge is 0.250 e. The molecule has 6 nitrogen and oxygen atoms in total. The lowest BCUT2D eigenvalue weighted by Crippen LogP contribution is -2.24. The van der Waals surface area contributed by atoms with Crippen LogP contribution in [0.3, 0.4) is 0 Å². The lowest BCUT2D eigenvalue weighted by molar-refractivity contribution is -0.119. The number of H-pyrrole nitrogens is 1. The third-order valence-electron chi connectivity index (χ3n) is 3.36. The Hall–Kier alpha value is -3.03. The van der Waals surface area contributed by atoms with Gasteiger partial charge in [0, 0.05) is 18.5 Å². The molecule has 23 heavy (non-hydrogen) atoms. The Bertz CT molecular complexity index is 808. The van der Waals surface area contributed by atoms with Crippen LogP contribution in [0.1, 0.15) is 13.0 Å². The second kappa shape index (κ2) is 5.99. The topological polar surface area (TPSA) is 75.6 Å². The Balaban J connectivity index is 1.79. The van der Waals surface area contributed by atoms with Gasteiger partial charge < -0.3 is 5.32 Å².